The van der Waals surface area contributed by atoms with Gasteiger partial charge in [0.15, 0.2) is 0 Å². The van der Waals surface area contributed by atoms with Crippen LogP contribution in [0.4, 0.5) is 0 Å². The summed E-state index contributed by atoms with van der Waals surface area (Å²) in [6.45, 7) is 0.291. The molecule has 14 heavy (non-hydrogen) atoms. The first-order valence-corrected chi connectivity index (χ1v) is 5.08. The van der Waals surface area contributed by atoms with Crippen molar-refractivity contribution in [1.82, 2.24) is 0 Å². The second-order valence-electron chi connectivity index (χ2n) is 4.57. The van der Waals surface area contributed by atoms with E-state index in [0.717, 1.165) is 19.1 Å². The van der Waals surface area contributed by atoms with Crippen molar-refractivity contribution < 1.29 is 14.3 Å². The highest BCUT2D eigenvalue weighted by atomic mass is 16.5. The van der Waals surface area contributed by atoms with Gasteiger partial charge in [-0.2, -0.15) is 0 Å². The molecule has 0 aromatic rings. The molecule has 4 atom stereocenters. The van der Waals surface area contributed by atoms with E-state index < -0.39 is 5.41 Å². The van der Waals surface area contributed by atoms with Gasteiger partial charge in [-0.3, -0.25) is 4.79 Å². The van der Waals surface area contributed by atoms with Crippen LogP contribution in [0.3, 0.4) is 0 Å². The molecule has 0 radical (unpaired) electrons. The molecule has 0 unspecified atom stereocenters. The number of carbonyl (C=O) groups excluding carboxylic acids is 2. The van der Waals surface area contributed by atoms with E-state index in [9.17, 15) is 9.59 Å². The van der Waals surface area contributed by atoms with Crippen LogP contribution in [0, 0.1) is 23.2 Å². The lowest BCUT2D eigenvalue weighted by atomic mass is 9.69. The van der Waals surface area contributed by atoms with Gasteiger partial charge in [-0.25, -0.2) is 0 Å². The third kappa shape index (κ3) is 0.740. The summed E-state index contributed by atoms with van der Waals surface area (Å²) in [7, 11) is 0. The standard InChI is InChI=1S/C11H12O3/c12-5-9-6-14-10(13)11(9)4-7-1-2-8(11)3-7/h1-2,5,7-9H,3-4,6H2/t7-,8+,9-,11+/m0/s1. The number of hydrogen-bond donors (Lipinski definition) is 0. The summed E-state index contributed by atoms with van der Waals surface area (Å²) in [6, 6.07) is 0. The lowest BCUT2D eigenvalue weighted by Gasteiger charge is -2.29. The summed E-state index contributed by atoms with van der Waals surface area (Å²) in [4.78, 5) is 22.7. The first kappa shape index (κ1) is 8.21. The zero-order chi connectivity index (χ0) is 9.76. The third-order valence-electron chi connectivity index (χ3n) is 4.03. The molecule has 3 aliphatic rings. The molecule has 2 fully saturated rings. The minimum Gasteiger partial charge on any atom is -0.464 e. The molecule has 74 valence electrons. The van der Waals surface area contributed by atoms with Crippen molar-refractivity contribution in [2.75, 3.05) is 6.61 Å². The number of aldehydes is 1. The lowest BCUT2D eigenvalue weighted by molar-refractivity contribution is -0.148. The fraction of sp³-hybridized carbons (Fsp3) is 0.636. The van der Waals surface area contributed by atoms with Gasteiger partial charge in [-0.1, -0.05) is 12.2 Å². The normalized spacial score (nSPS) is 48.9. The predicted molar refractivity (Wildman–Crippen MR) is 48.3 cm³/mol. The fourth-order valence-electron chi connectivity index (χ4n) is 3.31. The minimum absolute atomic E-state index is 0.147. The van der Waals surface area contributed by atoms with Crippen LogP contribution in [0.25, 0.3) is 0 Å². The van der Waals surface area contributed by atoms with Gasteiger partial charge < -0.3 is 9.53 Å². The Morgan fingerprint density at radius 2 is 2.36 bits per heavy atom. The number of carbonyl (C=O) groups is 2. The first-order valence-electron chi connectivity index (χ1n) is 5.08. The maximum Gasteiger partial charge on any atom is 0.313 e. The molecule has 1 aliphatic heterocycles. The van der Waals surface area contributed by atoms with Crippen molar-refractivity contribution in [1.29, 1.82) is 0 Å². The van der Waals surface area contributed by atoms with Crippen LogP contribution in [-0.2, 0) is 14.3 Å². The molecule has 0 aromatic carbocycles. The molecule has 3 heteroatoms. The van der Waals surface area contributed by atoms with Crippen molar-refractivity contribution in [2.24, 2.45) is 23.2 Å². The van der Waals surface area contributed by atoms with Crippen LogP contribution in [-0.4, -0.2) is 18.9 Å². The van der Waals surface area contributed by atoms with E-state index in [0.29, 0.717) is 12.5 Å². The zero-order valence-electron chi connectivity index (χ0n) is 7.81. The van der Waals surface area contributed by atoms with E-state index in [4.69, 9.17) is 4.74 Å². The van der Waals surface area contributed by atoms with Crippen molar-refractivity contribution in [2.45, 2.75) is 12.8 Å². The van der Waals surface area contributed by atoms with E-state index in [-0.39, 0.29) is 17.8 Å². The Morgan fingerprint density at radius 3 is 2.93 bits per heavy atom. The van der Waals surface area contributed by atoms with Crippen LogP contribution in [0.1, 0.15) is 12.8 Å². The Bertz CT molecular complexity index is 329. The van der Waals surface area contributed by atoms with Crippen molar-refractivity contribution in [3.8, 4) is 0 Å². The van der Waals surface area contributed by atoms with Gasteiger partial charge >= 0.3 is 5.97 Å². The molecule has 1 heterocycles. The summed E-state index contributed by atoms with van der Waals surface area (Å²) in [5.41, 5.74) is -0.485. The van der Waals surface area contributed by atoms with Crippen LogP contribution >= 0.6 is 0 Å². The fourth-order valence-corrected chi connectivity index (χ4v) is 3.31. The molecule has 1 saturated carbocycles. The number of esters is 1. The van der Waals surface area contributed by atoms with E-state index in [1.807, 2.05) is 0 Å². The highest BCUT2D eigenvalue weighted by molar-refractivity contribution is 5.85. The Hall–Kier alpha value is -1.12. The topological polar surface area (TPSA) is 43.4 Å². The molecular weight excluding hydrogens is 180 g/mol. The number of rotatable bonds is 1. The van der Waals surface area contributed by atoms with Crippen LogP contribution in [0.2, 0.25) is 0 Å². The van der Waals surface area contributed by atoms with E-state index >= 15 is 0 Å². The average molecular weight is 192 g/mol. The molecule has 0 amide bonds. The summed E-state index contributed by atoms with van der Waals surface area (Å²) in [6.07, 6.45) is 7.01. The van der Waals surface area contributed by atoms with Gasteiger partial charge in [0.05, 0.1) is 11.3 Å². The molecule has 0 N–H and O–H groups in total. The van der Waals surface area contributed by atoms with Gasteiger partial charge in [0.25, 0.3) is 0 Å². The van der Waals surface area contributed by atoms with Crippen molar-refractivity contribution >= 4 is 12.3 Å². The Balaban J connectivity index is 2.05. The molecule has 2 aliphatic carbocycles. The molecule has 3 rings (SSSR count). The summed E-state index contributed by atoms with van der Waals surface area (Å²) >= 11 is 0. The Morgan fingerprint density at radius 1 is 1.50 bits per heavy atom. The quantitative estimate of drug-likeness (QED) is 0.353. The number of ether oxygens (including phenoxy) is 1. The number of allylic oxidation sites excluding steroid dienone is 2. The third-order valence-corrected chi connectivity index (χ3v) is 4.03. The molecular formula is C11H12O3. The second kappa shape index (κ2) is 2.47. The van der Waals surface area contributed by atoms with E-state index in [1.54, 1.807) is 0 Å². The maximum atomic E-state index is 11.7. The Kier molecular flexibility index (Phi) is 1.45. The van der Waals surface area contributed by atoms with Gasteiger partial charge in [0.2, 0.25) is 0 Å². The monoisotopic (exact) mass is 192 g/mol. The van der Waals surface area contributed by atoms with Crippen LogP contribution < -0.4 is 0 Å². The SMILES string of the molecule is O=C[C@H]1COC(=O)[C@@]12C[C@H]1C=C[C@@H]2C1. The number of fused-ring (bicyclic) bond motifs is 3. The predicted octanol–water partition coefficient (Wildman–Crippen LogP) is 0.941. The van der Waals surface area contributed by atoms with Gasteiger partial charge in [0, 0.05) is 0 Å². The van der Waals surface area contributed by atoms with Crippen LogP contribution in [0.15, 0.2) is 12.2 Å². The smallest absolute Gasteiger partial charge is 0.313 e. The van der Waals surface area contributed by atoms with Crippen molar-refractivity contribution in [3.05, 3.63) is 12.2 Å². The van der Waals surface area contributed by atoms with E-state index in [2.05, 4.69) is 12.2 Å². The van der Waals surface area contributed by atoms with E-state index in [1.165, 1.54) is 0 Å². The maximum absolute atomic E-state index is 11.7. The second-order valence-corrected chi connectivity index (χ2v) is 4.57. The molecule has 2 bridgehead atoms. The van der Waals surface area contributed by atoms with Gasteiger partial charge in [-0.15, -0.1) is 0 Å². The van der Waals surface area contributed by atoms with Gasteiger partial charge in [-0.05, 0) is 24.7 Å². The first-order chi connectivity index (χ1) is 6.77. The zero-order valence-corrected chi connectivity index (χ0v) is 7.81. The Labute approximate surface area is 82.1 Å². The molecule has 1 spiro atoms. The van der Waals surface area contributed by atoms with Crippen molar-refractivity contribution in [3.63, 3.8) is 0 Å². The summed E-state index contributed by atoms with van der Waals surface area (Å²) < 4.78 is 5.04. The largest absolute Gasteiger partial charge is 0.464 e. The lowest BCUT2D eigenvalue weighted by Crippen LogP contribution is -2.38. The van der Waals surface area contributed by atoms with Crippen LogP contribution in [0.5, 0.6) is 0 Å². The highest BCUT2D eigenvalue weighted by Gasteiger charge is 2.62. The summed E-state index contributed by atoms with van der Waals surface area (Å²) in [5.74, 6) is 0.382. The highest BCUT2D eigenvalue weighted by Crippen LogP contribution is 2.58. The minimum atomic E-state index is -0.485. The number of hydrogen-bond acceptors (Lipinski definition) is 3. The molecule has 1 saturated heterocycles. The molecule has 0 aromatic heterocycles. The average Bonchev–Trinajstić information content (AvgIpc) is 2.84. The van der Waals surface area contributed by atoms with Gasteiger partial charge in [0.1, 0.15) is 12.9 Å². The molecule has 3 nitrogen and oxygen atoms in total. The summed E-state index contributed by atoms with van der Waals surface area (Å²) in [5, 5.41) is 0. The number of cyclic esters (lactones) is 1.